The predicted molar refractivity (Wildman–Crippen MR) is 57.9 cm³/mol. The Balaban J connectivity index is 2.67. The van der Waals surface area contributed by atoms with E-state index < -0.39 is 0 Å². The van der Waals surface area contributed by atoms with Crippen LogP contribution in [0.25, 0.3) is 0 Å². The molecule has 0 spiro atoms. The molecular weight excluding hydrogens is 194 g/mol. The number of ether oxygens (including phenoxy) is 1. The van der Waals surface area contributed by atoms with Gasteiger partial charge in [0.2, 0.25) is 11.8 Å². The van der Waals surface area contributed by atoms with Crippen LogP contribution >= 0.6 is 0 Å². The van der Waals surface area contributed by atoms with Crippen LogP contribution in [0.2, 0.25) is 0 Å². The SMILES string of the molecule is CNC(=O)C(C)Nc1ccnc(OC)c1. The van der Waals surface area contributed by atoms with Crippen LogP contribution in [0.3, 0.4) is 0 Å². The number of hydrogen-bond donors (Lipinski definition) is 2. The number of aromatic nitrogens is 1. The molecule has 1 atom stereocenters. The lowest BCUT2D eigenvalue weighted by Gasteiger charge is -2.13. The van der Waals surface area contributed by atoms with E-state index in [1.165, 1.54) is 0 Å². The molecule has 0 aliphatic carbocycles. The lowest BCUT2D eigenvalue weighted by Crippen LogP contribution is -2.35. The Kier molecular flexibility index (Phi) is 3.91. The second kappa shape index (κ2) is 5.19. The Bertz CT molecular complexity index is 341. The molecule has 1 aromatic rings. The van der Waals surface area contributed by atoms with Crippen LogP contribution in [0.4, 0.5) is 5.69 Å². The molecule has 5 nitrogen and oxygen atoms in total. The highest BCUT2D eigenvalue weighted by Gasteiger charge is 2.10. The summed E-state index contributed by atoms with van der Waals surface area (Å²) in [4.78, 5) is 15.2. The van der Waals surface area contributed by atoms with Crippen molar-refractivity contribution in [1.82, 2.24) is 10.3 Å². The number of carbonyl (C=O) groups excluding carboxylic acids is 1. The topological polar surface area (TPSA) is 63.2 Å². The summed E-state index contributed by atoms with van der Waals surface area (Å²) in [5, 5.41) is 5.60. The van der Waals surface area contributed by atoms with E-state index in [1.807, 2.05) is 0 Å². The third-order valence-corrected chi connectivity index (χ3v) is 1.97. The van der Waals surface area contributed by atoms with Gasteiger partial charge in [-0.05, 0) is 13.0 Å². The van der Waals surface area contributed by atoms with Gasteiger partial charge >= 0.3 is 0 Å². The van der Waals surface area contributed by atoms with Crippen LogP contribution in [0.5, 0.6) is 5.88 Å². The van der Waals surface area contributed by atoms with Gasteiger partial charge in [-0.1, -0.05) is 0 Å². The highest BCUT2D eigenvalue weighted by Crippen LogP contribution is 2.14. The predicted octanol–water partition coefficient (Wildman–Crippen LogP) is 0.637. The summed E-state index contributed by atoms with van der Waals surface area (Å²) < 4.78 is 4.97. The van der Waals surface area contributed by atoms with E-state index >= 15 is 0 Å². The fourth-order valence-corrected chi connectivity index (χ4v) is 1.14. The minimum atomic E-state index is -0.290. The minimum Gasteiger partial charge on any atom is -0.481 e. The van der Waals surface area contributed by atoms with Gasteiger partial charge in [-0.15, -0.1) is 0 Å². The van der Waals surface area contributed by atoms with E-state index in [1.54, 1.807) is 39.4 Å². The number of rotatable bonds is 4. The van der Waals surface area contributed by atoms with Crippen molar-refractivity contribution in [3.05, 3.63) is 18.3 Å². The summed E-state index contributed by atoms with van der Waals surface area (Å²) in [6.07, 6.45) is 1.62. The number of likely N-dealkylation sites (N-methyl/N-ethyl adjacent to an activating group) is 1. The zero-order valence-corrected chi connectivity index (χ0v) is 9.07. The van der Waals surface area contributed by atoms with E-state index in [-0.39, 0.29) is 11.9 Å². The van der Waals surface area contributed by atoms with Gasteiger partial charge in [0, 0.05) is 25.0 Å². The molecule has 1 heterocycles. The van der Waals surface area contributed by atoms with Crippen molar-refractivity contribution in [2.24, 2.45) is 0 Å². The Morgan fingerprint density at radius 3 is 2.93 bits per heavy atom. The first-order chi connectivity index (χ1) is 7.17. The minimum absolute atomic E-state index is 0.0641. The van der Waals surface area contributed by atoms with Crippen molar-refractivity contribution in [1.29, 1.82) is 0 Å². The molecule has 15 heavy (non-hydrogen) atoms. The second-order valence-corrected chi connectivity index (χ2v) is 3.07. The van der Waals surface area contributed by atoms with Gasteiger partial charge in [-0.2, -0.15) is 0 Å². The Hall–Kier alpha value is -1.78. The summed E-state index contributed by atoms with van der Waals surface area (Å²) in [5.74, 6) is 0.454. The molecule has 0 saturated heterocycles. The van der Waals surface area contributed by atoms with Crippen LogP contribution in [0.15, 0.2) is 18.3 Å². The number of nitrogens with zero attached hydrogens (tertiary/aromatic N) is 1. The highest BCUT2D eigenvalue weighted by molar-refractivity contribution is 5.83. The largest absolute Gasteiger partial charge is 0.481 e. The molecule has 82 valence electrons. The van der Waals surface area contributed by atoms with Gasteiger partial charge in [-0.25, -0.2) is 4.98 Å². The van der Waals surface area contributed by atoms with Crippen molar-refractivity contribution in [3.8, 4) is 5.88 Å². The zero-order valence-electron chi connectivity index (χ0n) is 9.07. The molecule has 1 amide bonds. The molecule has 5 heteroatoms. The summed E-state index contributed by atoms with van der Waals surface area (Å²) in [7, 11) is 3.15. The summed E-state index contributed by atoms with van der Waals surface area (Å²) in [6, 6.07) is 3.23. The summed E-state index contributed by atoms with van der Waals surface area (Å²) in [5.41, 5.74) is 0.804. The number of nitrogens with one attached hydrogen (secondary N) is 2. The smallest absolute Gasteiger partial charge is 0.241 e. The number of anilines is 1. The molecule has 0 radical (unpaired) electrons. The Morgan fingerprint density at radius 2 is 2.33 bits per heavy atom. The molecule has 0 aliphatic rings. The van der Waals surface area contributed by atoms with Crippen LogP contribution in [-0.4, -0.2) is 31.1 Å². The standard InChI is InChI=1S/C10H15N3O2/c1-7(10(14)11-2)13-8-4-5-12-9(6-8)15-3/h4-7H,1-3H3,(H,11,14)(H,12,13). The summed E-state index contributed by atoms with van der Waals surface area (Å²) >= 11 is 0. The first-order valence-corrected chi connectivity index (χ1v) is 4.65. The Labute approximate surface area is 88.9 Å². The molecule has 1 unspecified atom stereocenters. The van der Waals surface area contributed by atoms with Gasteiger partial charge in [-0.3, -0.25) is 4.79 Å². The maximum Gasteiger partial charge on any atom is 0.241 e. The second-order valence-electron chi connectivity index (χ2n) is 3.07. The number of carbonyl (C=O) groups is 1. The van der Waals surface area contributed by atoms with Crippen molar-refractivity contribution >= 4 is 11.6 Å². The number of hydrogen-bond acceptors (Lipinski definition) is 4. The van der Waals surface area contributed by atoms with E-state index in [0.717, 1.165) is 5.69 Å². The van der Waals surface area contributed by atoms with Crippen molar-refractivity contribution in [3.63, 3.8) is 0 Å². The van der Waals surface area contributed by atoms with Crippen LogP contribution < -0.4 is 15.4 Å². The van der Waals surface area contributed by atoms with Crippen molar-refractivity contribution < 1.29 is 9.53 Å². The molecule has 0 aliphatic heterocycles. The fourth-order valence-electron chi connectivity index (χ4n) is 1.14. The average Bonchev–Trinajstić information content (AvgIpc) is 2.28. The molecule has 0 aromatic carbocycles. The monoisotopic (exact) mass is 209 g/mol. The molecule has 1 aromatic heterocycles. The van der Waals surface area contributed by atoms with Crippen LogP contribution in [0.1, 0.15) is 6.92 Å². The highest BCUT2D eigenvalue weighted by atomic mass is 16.5. The quantitative estimate of drug-likeness (QED) is 0.763. The number of methoxy groups -OCH3 is 1. The third kappa shape index (κ3) is 3.12. The average molecular weight is 209 g/mol. The van der Waals surface area contributed by atoms with E-state index in [9.17, 15) is 4.79 Å². The Morgan fingerprint density at radius 1 is 1.60 bits per heavy atom. The lowest BCUT2D eigenvalue weighted by atomic mass is 10.3. The molecular formula is C10H15N3O2. The van der Waals surface area contributed by atoms with E-state index in [4.69, 9.17) is 4.74 Å². The maximum absolute atomic E-state index is 11.3. The van der Waals surface area contributed by atoms with Gasteiger partial charge in [0.15, 0.2) is 0 Å². The van der Waals surface area contributed by atoms with Crippen LogP contribution in [-0.2, 0) is 4.79 Å². The molecule has 0 bridgehead atoms. The lowest BCUT2D eigenvalue weighted by molar-refractivity contribution is -0.121. The normalized spacial score (nSPS) is 11.7. The summed E-state index contributed by atoms with van der Waals surface area (Å²) in [6.45, 7) is 1.78. The van der Waals surface area contributed by atoms with Gasteiger partial charge in [0.05, 0.1) is 7.11 Å². The van der Waals surface area contributed by atoms with Crippen LogP contribution in [0, 0.1) is 0 Å². The third-order valence-electron chi connectivity index (χ3n) is 1.97. The van der Waals surface area contributed by atoms with E-state index in [0.29, 0.717) is 5.88 Å². The number of amides is 1. The molecule has 0 saturated carbocycles. The number of pyridine rings is 1. The fraction of sp³-hybridized carbons (Fsp3) is 0.400. The zero-order chi connectivity index (χ0) is 11.3. The molecule has 2 N–H and O–H groups in total. The van der Waals surface area contributed by atoms with Gasteiger partial charge in [0.25, 0.3) is 0 Å². The van der Waals surface area contributed by atoms with Gasteiger partial charge < -0.3 is 15.4 Å². The molecule has 0 fully saturated rings. The van der Waals surface area contributed by atoms with Crippen molar-refractivity contribution in [2.75, 3.05) is 19.5 Å². The maximum atomic E-state index is 11.3. The van der Waals surface area contributed by atoms with Crippen molar-refractivity contribution in [2.45, 2.75) is 13.0 Å². The first kappa shape index (κ1) is 11.3. The first-order valence-electron chi connectivity index (χ1n) is 4.65. The van der Waals surface area contributed by atoms with Gasteiger partial charge in [0.1, 0.15) is 6.04 Å². The molecule has 1 rings (SSSR count). The van der Waals surface area contributed by atoms with E-state index in [2.05, 4.69) is 15.6 Å².